The molecule has 0 unspecified atom stereocenters. The Bertz CT molecular complexity index is 906. The molecule has 0 radical (unpaired) electrons. The van der Waals surface area contributed by atoms with Gasteiger partial charge in [-0.2, -0.15) is 0 Å². The number of aromatic nitrogens is 3. The number of ether oxygens (including phenoxy) is 1. The van der Waals surface area contributed by atoms with Gasteiger partial charge in [0.2, 0.25) is 0 Å². The topological polar surface area (TPSA) is 79.9 Å². The lowest BCUT2D eigenvalue weighted by atomic mass is 9.83. The molecule has 1 aromatic carbocycles. The van der Waals surface area contributed by atoms with E-state index in [0.717, 1.165) is 27.9 Å². The zero-order valence-electron chi connectivity index (χ0n) is 13.5. The zero-order chi connectivity index (χ0) is 16.7. The third-order valence-corrected chi connectivity index (χ3v) is 4.75. The summed E-state index contributed by atoms with van der Waals surface area (Å²) in [4.78, 5) is 24.4. The number of carbonyl (C=O) groups is 1. The van der Waals surface area contributed by atoms with Crippen LogP contribution in [0, 0.1) is 0 Å². The van der Waals surface area contributed by atoms with Crippen LogP contribution in [-0.4, -0.2) is 34.1 Å². The van der Waals surface area contributed by atoms with Crippen molar-refractivity contribution >= 4 is 16.9 Å². The standard InChI is InChI=1S/C18H18N4O2/c1-18(15-10-19-7-8-20-15)16-12(9-14(22-18)17(23)24-2)11-5-3-4-6-13(11)21-16/h3-8,10,14,21-22H,9H2,1-2H3/t14-,18+/m0/s1. The number of nitrogens with zero attached hydrogens (tertiary/aromatic N) is 2. The summed E-state index contributed by atoms with van der Waals surface area (Å²) in [6.45, 7) is 2.01. The fourth-order valence-corrected chi connectivity index (χ4v) is 3.56. The van der Waals surface area contributed by atoms with E-state index in [1.54, 1.807) is 18.6 Å². The van der Waals surface area contributed by atoms with Crippen LogP contribution in [0.2, 0.25) is 0 Å². The van der Waals surface area contributed by atoms with E-state index in [1.165, 1.54) is 7.11 Å². The van der Waals surface area contributed by atoms with E-state index >= 15 is 0 Å². The molecule has 0 amide bonds. The Kier molecular flexibility index (Phi) is 3.35. The molecular weight excluding hydrogens is 304 g/mol. The van der Waals surface area contributed by atoms with Crippen LogP contribution in [0.15, 0.2) is 42.9 Å². The third kappa shape index (κ3) is 2.11. The maximum atomic E-state index is 12.2. The Labute approximate surface area is 139 Å². The Morgan fingerprint density at radius 3 is 2.92 bits per heavy atom. The summed E-state index contributed by atoms with van der Waals surface area (Å²) in [5.74, 6) is -0.277. The number of esters is 1. The van der Waals surface area contributed by atoms with Crippen LogP contribution in [0.25, 0.3) is 10.9 Å². The summed E-state index contributed by atoms with van der Waals surface area (Å²) in [5, 5.41) is 4.53. The number of rotatable bonds is 2. The molecule has 2 atom stereocenters. The highest BCUT2D eigenvalue weighted by molar-refractivity contribution is 5.87. The molecule has 0 fully saturated rings. The van der Waals surface area contributed by atoms with E-state index in [4.69, 9.17) is 4.74 Å². The van der Waals surface area contributed by atoms with Crippen LogP contribution in [0.5, 0.6) is 0 Å². The number of hydrogen-bond donors (Lipinski definition) is 2. The van der Waals surface area contributed by atoms with Crippen molar-refractivity contribution < 1.29 is 9.53 Å². The number of aromatic amines is 1. The Morgan fingerprint density at radius 2 is 2.17 bits per heavy atom. The van der Waals surface area contributed by atoms with E-state index in [-0.39, 0.29) is 5.97 Å². The average molecular weight is 322 g/mol. The predicted octanol–water partition coefficient (Wildman–Crippen LogP) is 1.91. The van der Waals surface area contributed by atoms with Crippen LogP contribution in [0.3, 0.4) is 0 Å². The largest absolute Gasteiger partial charge is 0.468 e. The molecule has 122 valence electrons. The highest BCUT2D eigenvalue weighted by Gasteiger charge is 2.43. The van der Waals surface area contributed by atoms with Crippen LogP contribution in [0.1, 0.15) is 23.9 Å². The average Bonchev–Trinajstić information content (AvgIpc) is 3.01. The van der Waals surface area contributed by atoms with Crippen LogP contribution in [-0.2, 0) is 21.5 Å². The van der Waals surface area contributed by atoms with Crippen molar-refractivity contribution in [2.45, 2.75) is 24.9 Å². The van der Waals surface area contributed by atoms with Crippen molar-refractivity contribution in [3.05, 3.63) is 59.8 Å². The second kappa shape index (κ2) is 5.42. The Morgan fingerprint density at radius 1 is 1.33 bits per heavy atom. The highest BCUT2D eigenvalue weighted by Crippen LogP contribution is 2.38. The van der Waals surface area contributed by atoms with Gasteiger partial charge in [0.15, 0.2) is 0 Å². The van der Waals surface area contributed by atoms with E-state index < -0.39 is 11.6 Å². The number of carbonyl (C=O) groups excluding carboxylic acids is 1. The van der Waals surface area contributed by atoms with E-state index in [1.807, 2.05) is 25.1 Å². The van der Waals surface area contributed by atoms with Crippen LogP contribution < -0.4 is 5.32 Å². The second-order valence-electron chi connectivity index (χ2n) is 6.16. The number of H-pyrrole nitrogens is 1. The highest BCUT2D eigenvalue weighted by atomic mass is 16.5. The van der Waals surface area contributed by atoms with Gasteiger partial charge in [-0.05, 0) is 18.6 Å². The monoisotopic (exact) mass is 322 g/mol. The normalized spacial score (nSPS) is 23.0. The van der Waals surface area contributed by atoms with Crippen molar-refractivity contribution in [3.63, 3.8) is 0 Å². The molecule has 3 heterocycles. The lowest BCUT2D eigenvalue weighted by Gasteiger charge is -2.38. The quantitative estimate of drug-likeness (QED) is 0.705. The lowest BCUT2D eigenvalue weighted by Crippen LogP contribution is -2.55. The van der Waals surface area contributed by atoms with Gasteiger partial charge < -0.3 is 9.72 Å². The first-order valence-corrected chi connectivity index (χ1v) is 7.85. The van der Waals surface area contributed by atoms with E-state index in [0.29, 0.717) is 6.42 Å². The number of para-hydroxylation sites is 1. The molecule has 24 heavy (non-hydrogen) atoms. The van der Waals surface area contributed by atoms with Crippen molar-refractivity contribution in [2.75, 3.05) is 7.11 Å². The van der Waals surface area contributed by atoms with Gasteiger partial charge in [0.25, 0.3) is 0 Å². The molecule has 0 saturated heterocycles. The molecule has 0 spiro atoms. The summed E-state index contributed by atoms with van der Waals surface area (Å²) >= 11 is 0. The number of benzene rings is 1. The molecule has 1 aliphatic heterocycles. The molecule has 3 aromatic rings. The summed E-state index contributed by atoms with van der Waals surface area (Å²) in [7, 11) is 1.41. The molecule has 6 nitrogen and oxygen atoms in total. The maximum Gasteiger partial charge on any atom is 0.323 e. The Hall–Kier alpha value is -2.73. The molecule has 0 bridgehead atoms. The van der Waals surface area contributed by atoms with Gasteiger partial charge in [0, 0.05) is 35.4 Å². The van der Waals surface area contributed by atoms with Crippen LogP contribution in [0.4, 0.5) is 0 Å². The Balaban J connectivity index is 1.95. The van der Waals surface area contributed by atoms with Gasteiger partial charge in [0.1, 0.15) is 11.6 Å². The first-order valence-electron chi connectivity index (χ1n) is 7.85. The summed E-state index contributed by atoms with van der Waals surface area (Å²) < 4.78 is 4.97. The van der Waals surface area contributed by atoms with Gasteiger partial charge in [-0.1, -0.05) is 18.2 Å². The number of methoxy groups -OCH3 is 1. The van der Waals surface area contributed by atoms with Crippen LogP contribution >= 0.6 is 0 Å². The number of fused-ring (bicyclic) bond motifs is 3. The van der Waals surface area contributed by atoms with E-state index in [9.17, 15) is 4.79 Å². The molecule has 0 aliphatic carbocycles. The van der Waals surface area contributed by atoms with Crippen molar-refractivity contribution in [1.29, 1.82) is 0 Å². The fourth-order valence-electron chi connectivity index (χ4n) is 3.56. The van der Waals surface area contributed by atoms with E-state index in [2.05, 4.69) is 26.3 Å². The molecule has 2 aromatic heterocycles. The van der Waals surface area contributed by atoms with Crippen molar-refractivity contribution in [3.8, 4) is 0 Å². The number of nitrogens with one attached hydrogen (secondary N) is 2. The van der Waals surface area contributed by atoms with Crippen molar-refractivity contribution in [2.24, 2.45) is 0 Å². The molecule has 0 saturated carbocycles. The maximum absolute atomic E-state index is 12.2. The summed E-state index contributed by atoms with van der Waals surface area (Å²) in [5.41, 5.74) is 3.29. The zero-order valence-corrected chi connectivity index (χ0v) is 13.5. The van der Waals surface area contributed by atoms with Gasteiger partial charge in [-0.3, -0.25) is 20.1 Å². The predicted molar refractivity (Wildman–Crippen MR) is 89.4 cm³/mol. The lowest BCUT2D eigenvalue weighted by molar-refractivity contribution is -0.143. The first-order chi connectivity index (χ1) is 11.6. The smallest absolute Gasteiger partial charge is 0.323 e. The fraction of sp³-hybridized carbons (Fsp3) is 0.278. The molecular formula is C18H18N4O2. The van der Waals surface area contributed by atoms with Gasteiger partial charge >= 0.3 is 5.97 Å². The first kappa shape index (κ1) is 14.8. The van der Waals surface area contributed by atoms with Crippen molar-refractivity contribution in [1.82, 2.24) is 20.3 Å². The minimum Gasteiger partial charge on any atom is -0.468 e. The third-order valence-electron chi connectivity index (χ3n) is 4.75. The molecule has 4 rings (SSSR count). The number of hydrogen-bond acceptors (Lipinski definition) is 5. The minimum absolute atomic E-state index is 0.277. The van der Waals surface area contributed by atoms with Gasteiger partial charge in [0.05, 0.1) is 19.0 Å². The summed E-state index contributed by atoms with van der Waals surface area (Å²) in [6, 6.07) is 7.67. The molecule has 2 N–H and O–H groups in total. The summed E-state index contributed by atoms with van der Waals surface area (Å²) in [6.07, 6.45) is 5.59. The van der Waals surface area contributed by atoms with Gasteiger partial charge in [-0.15, -0.1) is 0 Å². The minimum atomic E-state index is -0.653. The molecule has 1 aliphatic rings. The van der Waals surface area contributed by atoms with Gasteiger partial charge in [-0.25, -0.2) is 0 Å². The molecule has 6 heteroatoms. The SMILES string of the molecule is COC(=O)[C@@H]1Cc2c([nH]c3ccccc23)[C@@](C)(c2cnccn2)N1. The second-order valence-corrected chi connectivity index (χ2v) is 6.16.